The zero-order valence-electron chi connectivity index (χ0n) is 13.9. The number of primary amides is 1. The van der Waals surface area contributed by atoms with Gasteiger partial charge in [0.2, 0.25) is 5.91 Å². The van der Waals surface area contributed by atoms with Crippen LogP contribution in [0.4, 0.5) is 11.4 Å². The first-order valence-corrected chi connectivity index (χ1v) is 8.91. The minimum absolute atomic E-state index is 0.0685. The third kappa shape index (κ3) is 3.68. The number of benzene rings is 1. The van der Waals surface area contributed by atoms with Gasteiger partial charge < -0.3 is 16.0 Å². The van der Waals surface area contributed by atoms with Crippen LogP contribution in [0.25, 0.3) is 0 Å². The van der Waals surface area contributed by atoms with Gasteiger partial charge in [0.15, 0.2) is 5.69 Å². The first-order valence-electron chi connectivity index (χ1n) is 8.12. The number of rotatable bonds is 4. The van der Waals surface area contributed by atoms with Gasteiger partial charge in [-0.05, 0) is 47.8 Å². The second-order valence-electron chi connectivity index (χ2n) is 6.15. The lowest BCUT2D eigenvalue weighted by Gasteiger charge is -2.33. The highest BCUT2D eigenvalue weighted by Gasteiger charge is 2.25. The highest BCUT2D eigenvalue weighted by atomic mass is 79.9. The number of para-hydroxylation sites is 2. The lowest BCUT2D eigenvalue weighted by Crippen LogP contribution is -2.38. The topological polar surface area (TPSA) is 104 Å². The van der Waals surface area contributed by atoms with Gasteiger partial charge in [-0.25, -0.2) is 0 Å². The molecule has 25 heavy (non-hydrogen) atoms. The maximum atomic E-state index is 12.5. The summed E-state index contributed by atoms with van der Waals surface area (Å²) in [5.41, 5.74) is 8.17. The average Bonchev–Trinajstić information content (AvgIpc) is 2.95. The Morgan fingerprint density at radius 2 is 2.00 bits per heavy atom. The molecule has 1 fully saturated rings. The van der Waals surface area contributed by atoms with E-state index in [1.807, 2.05) is 31.2 Å². The van der Waals surface area contributed by atoms with Gasteiger partial charge in [0.05, 0.1) is 15.8 Å². The zero-order valence-corrected chi connectivity index (χ0v) is 15.5. The van der Waals surface area contributed by atoms with Gasteiger partial charge in [0.25, 0.3) is 5.91 Å². The molecule has 132 valence electrons. The van der Waals surface area contributed by atoms with Crippen molar-refractivity contribution < 1.29 is 9.59 Å². The molecule has 4 N–H and O–H groups in total. The smallest absolute Gasteiger partial charge is 0.277 e. The van der Waals surface area contributed by atoms with Crippen molar-refractivity contribution in [3.63, 3.8) is 0 Å². The normalized spacial score (nSPS) is 15.2. The maximum absolute atomic E-state index is 12.5. The summed E-state index contributed by atoms with van der Waals surface area (Å²) in [5, 5.41) is 9.75. The molecule has 1 aliphatic rings. The molecule has 0 aliphatic carbocycles. The number of aromatic amines is 1. The number of anilines is 2. The van der Waals surface area contributed by atoms with E-state index in [0.717, 1.165) is 43.0 Å². The fourth-order valence-corrected chi connectivity index (χ4v) is 3.36. The van der Waals surface area contributed by atoms with E-state index < -0.39 is 0 Å². The zero-order chi connectivity index (χ0) is 18.0. The predicted molar refractivity (Wildman–Crippen MR) is 99.6 cm³/mol. The number of carbonyl (C=O) groups is 2. The Hall–Kier alpha value is -2.35. The summed E-state index contributed by atoms with van der Waals surface area (Å²) in [6.07, 6.45) is 1.45. The van der Waals surface area contributed by atoms with E-state index in [9.17, 15) is 9.59 Å². The van der Waals surface area contributed by atoms with Crippen molar-refractivity contribution in [1.82, 2.24) is 10.2 Å². The van der Waals surface area contributed by atoms with Gasteiger partial charge in [0.1, 0.15) is 0 Å². The number of aryl methyl sites for hydroxylation is 1. The number of aromatic nitrogens is 2. The van der Waals surface area contributed by atoms with Crippen LogP contribution < -0.4 is 16.0 Å². The fraction of sp³-hybridized carbons (Fsp3) is 0.353. The molecule has 7 nitrogen and oxygen atoms in total. The quantitative estimate of drug-likeness (QED) is 0.726. The largest absolute Gasteiger partial charge is 0.370 e. The monoisotopic (exact) mass is 405 g/mol. The van der Waals surface area contributed by atoms with Crippen LogP contribution >= 0.6 is 15.9 Å². The molecule has 2 heterocycles. The molecule has 3 rings (SSSR count). The SMILES string of the molecule is Cc1[nH]nc(C(=O)Nc2ccccc2N2CCC(C(N)=O)CC2)c1Br. The minimum atomic E-state index is -0.282. The number of hydrogen-bond acceptors (Lipinski definition) is 4. The number of amides is 2. The Morgan fingerprint density at radius 3 is 2.60 bits per heavy atom. The van der Waals surface area contributed by atoms with Crippen molar-refractivity contribution in [3.8, 4) is 0 Å². The number of nitrogens with two attached hydrogens (primary N) is 1. The highest BCUT2D eigenvalue weighted by molar-refractivity contribution is 9.10. The number of carbonyl (C=O) groups excluding carboxylic acids is 2. The molecule has 0 radical (unpaired) electrons. The second-order valence-corrected chi connectivity index (χ2v) is 6.94. The molecule has 0 unspecified atom stereocenters. The Balaban J connectivity index is 1.77. The number of piperidine rings is 1. The van der Waals surface area contributed by atoms with Crippen LogP contribution in [0.5, 0.6) is 0 Å². The van der Waals surface area contributed by atoms with Crippen molar-refractivity contribution in [3.05, 3.63) is 40.1 Å². The second kappa shape index (κ2) is 7.26. The van der Waals surface area contributed by atoms with Crippen LogP contribution in [-0.4, -0.2) is 35.1 Å². The van der Waals surface area contributed by atoms with Crippen molar-refractivity contribution in [2.24, 2.45) is 11.7 Å². The van der Waals surface area contributed by atoms with Gasteiger partial charge in [-0.2, -0.15) is 5.10 Å². The first-order chi connectivity index (χ1) is 12.0. The lowest BCUT2D eigenvalue weighted by molar-refractivity contribution is -0.122. The van der Waals surface area contributed by atoms with E-state index in [4.69, 9.17) is 5.73 Å². The van der Waals surface area contributed by atoms with E-state index in [-0.39, 0.29) is 17.7 Å². The van der Waals surface area contributed by atoms with E-state index in [1.165, 1.54) is 0 Å². The van der Waals surface area contributed by atoms with Gasteiger partial charge in [-0.1, -0.05) is 12.1 Å². The molecule has 1 aromatic heterocycles. The average molecular weight is 406 g/mol. The van der Waals surface area contributed by atoms with Crippen LogP contribution in [0, 0.1) is 12.8 Å². The summed E-state index contributed by atoms with van der Waals surface area (Å²) in [5.74, 6) is -0.586. The number of halogens is 1. The standard InChI is InChI=1S/C17H20BrN5O2/c1-10-14(18)15(22-21-10)17(25)20-12-4-2-3-5-13(12)23-8-6-11(7-9-23)16(19)24/h2-5,11H,6-9H2,1H3,(H2,19,24)(H,20,25)(H,21,22). The number of hydrogen-bond donors (Lipinski definition) is 3. The number of H-pyrrole nitrogens is 1. The molecule has 0 atom stereocenters. The molecule has 2 amide bonds. The number of nitrogens with one attached hydrogen (secondary N) is 2. The van der Waals surface area contributed by atoms with Crippen molar-refractivity contribution >= 4 is 39.1 Å². The van der Waals surface area contributed by atoms with Gasteiger partial charge in [-0.15, -0.1) is 0 Å². The van der Waals surface area contributed by atoms with Crippen molar-refractivity contribution in [2.45, 2.75) is 19.8 Å². The summed E-state index contributed by atoms with van der Waals surface area (Å²) < 4.78 is 0.657. The van der Waals surface area contributed by atoms with E-state index in [0.29, 0.717) is 10.2 Å². The first kappa shape index (κ1) is 17.5. The molecule has 0 saturated carbocycles. The van der Waals surface area contributed by atoms with E-state index >= 15 is 0 Å². The van der Waals surface area contributed by atoms with E-state index in [2.05, 4.69) is 36.3 Å². The van der Waals surface area contributed by atoms with Crippen LogP contribution in [0.15, 0.2) is 28.7 Å². The Bertz CT molecular complexity index is 796. The van der Waals surface area contributed by atoms with Gasteiger partial charge in [0, 0.05) is 24.7 Å². The van der Waals surface area contributed by atoms with Crippen molar-refractivity contribution in [2.75, 3.05) is 23.3 Å². The van der Waals surface area contributed by atoms with Crippen LogP contribution in [-0.2, 0) is 4.79 Å². The molecule has 0 spiro atoms. The maximum Gasteiger partial charge on any atom is 0.277 e. The van der Waals surface area contributed by atoms with E-state index in [1.54, 1.807) is 0 Å². The highest BCUT2D eigenvalue weighted by Crippen LogP contribution is 2.30. The molecule has 1 saturated heterocycles. The molecule has 1 aromatic carbocycles. The Kier molecular flexibility index (Phi) is 5.08. The molecule has 2 aromatic rings. The van der Waals surface area contributed by atoms with Gasteiger partial charge in [-0.3, -0.25) is 14.7 Å². The van der Waals surface area contributed by atoms with Crippen molar-refractivity contribution in [1.29, 1.82) is 0 Å². The summed E-state index contributed by atoms with van der Waals surface area (Å²) in [7, 11) is 0. The Labute approximate surface area is 154 Å². The van der Waals surface area contributed by atoms with Crippen LogP contribution in [0.2, 0.25) is 0 Å². The third-order valence-electron chi connectivity index (χ3n) is 4.48. The molecule has 8 heteroatoms. The molecule has 0 bridgehead atoms. The molecular formula is C17H20BrN5O2. The predicted octanol–water partition coefficient (Wildman–Crippen LogP) is 2.43. The lowest BCUT2D eigenvalue weighted by atomic mass is 9.96. The molecule has 1 aliphatic heterocycles. The minimum Gasteiger partial charge on any atom is -0.370 e. The third-order valence-corrected chi connectivity index (χ3v) is 5.45. The van der Waals surface area contributed by atoms with Crippen LogP contribution in [0.1, 0.15) is 29.0 Å². The summed E-state index contributed by atoms with van der Waals surface area (Å²) in [4.78, 5) is 26.0. The molecular weight excluding hydrogens is 386 g/mol. The summed E-state index contributed by atoms with van der Waals surface area (Å²) in [6, 6.07) is 7.63. The summed E-state index contributed by atoms with van der Waals surface area (Å²) in [6.45, 7) is 3.29. The summed E-state index contributed by atoms with van der Waals surface area (Å²) >= 11 is 3.37. The van der Waals surface area contributed by atoms with Crippen LogP contribution in [0.3, 0.4) is 0 Å². The van der Waals surface area contributed by atoms with Gasteiger partial charge >= 0.3 is 0 Å². The number of nitrogens with zero attached hydrogens (tertiary/aromatic N) is 2. The fourth-order valence-electron chi connectivity index (χ4n) is 3.01. The Morgan fingerprint density at radius 1 is 1.32 bits per heavy atom.